The third-order valence-electron chi connectivity index (χ3n) is 2.54. The second kappa shape index (κ2) is 7.22. The first-order valence-corrected chi connectivity index (χ1v) is 7.26. The molecule has 0 amide bonds. The first-order chi connectivity index (χ1) is 9.38. The molecule has 0 unspecified atom stereocenters. The van der Waals surface area contributed by atoms with Gasteiger partial charge in [0.15, 0.2) is 5.66 Å². The van der Waals surface area contributed by atoms with Crippen LogP contribution in [0.1, 0.15) is 13.8 Å². The van der Waals surface area contributed by atoms with E-state index in [0.29, 0.717) is 11.0 Å². The van der Waals surface area contributed by atoms with Gasteiger partial charge in [-0.05, 0) is 38.1 Å². The maximum absolute atomic E-state index is 5.83. The first kappa shape index (κ1) is 17.9. The van der Waals surface area contributed by atoms with Gasteiger partial charge in [-0.2, -0.15) is 10.1 Å². The molecule has 0 fully saturated rings. The van der Waals surface area contributed by atoms with Crippen molar-refractivity contribution in [3.05, 3.63) is 29.3 Å². The molecule has 1 heterocycles. The number of aliphatic imine (C=N–C) groups is 2. The fraction of sp³-hybridized carbons (Fsp3) is 0.333. The van der Waals surface area contributed by atoms with Gasteiger partial charge in [-0.1, -0.05) is 23.4 Å². The molecule has 4 N–H and O–H groups in total. The van der Waals surface area contributed by atoms with Gasteiger partial charge in [0.05, 0.1) is 0 Å². The van der Waals surface area contributed by atoms with Gasteiger partial charge in [0.1, 0.15) is 5.94 Å². The lowest BCUT2D eigenvalue weighted by atomic mass is 10.2. The van der Waals surface area contributed by atoms with Gasteiger partial charge in [0, 0.05) is 9.92 Å². The zero-order chi connectivity index (χ0) is 14.8. The number of halogens is 2. The Morgan fingerprint density at radius 3 is 2.48 bits per heavy atom. The smallest absolute Gasteiger partial charge is 0.226 e. The molecule has 0 spiro atoms. The summed E-state index contributed by atoms with van der Waals surface area (Å²) >= 11 is 7.34. The topological polar surface area (TPSA) is 89.2 Å². The molecule has 1 aromatic rings. The van der Waals surface area contributed by atoms with Crippen molar-refractivity contribution < 1.29 is 4.84 Å². The van der Waals surface area contributed by atoms with E-state index in [9.17, 15) is 0 Å². The lowest BCUT2D eigenvalue weighted by Crippen LogP contribution is -2.53. The molecule has 1 aliphatic heterocycles. The SMILES string of the molecule is CC1(C)N=C(N)N=C(N)N1OCSc1ccc(Cl)cc1.Cl. The van der Waals surface area contributed by atoms with Gasteiger partial charge in [0.2, 0.25) is 11.9 Å². The summed E-state index contributed by atoms with van der Waals surface area (Å²) in [5, 5.41) is 2.15. The summed E-state index contributed by atoms with van der Waals surface area (Å²) in [5.41, 5.74) is 10.7. The van der Waals surface area contributed by atoms with Gasteiger partial charge in [-0.15, -0.1) is 12.4 Å². The highest BCUT2D eigenvalue weighted by molar-refractivity contribution is 7.99. The number of hydrogen-bond acceptors (Lipinski definition) is 7. The Morgan fingerprint density at radius 2 is 1.90 bits per heavy atom. The molecular formula is C12H17Cl2N5OS. The highest BCUT2D eigenvalue weighted by atomic mass is 35.5. The van der Waals surface area contributed by atoms with Crippen LogP contribution in [0.25, 0.3) is 0 Å². The number of guanidine groups is 2. The fourth-order valence-corrected chi connectivity index (χ4v) is 2.44. The van der Waals surface area contributed by atoms with Crippen LogP contribution >= 0.6 is 35.8 Å². The van der Waals surface area contributed by atoms with Crippen LogP contribution in [0.3, 0.4) is 0 Å². The van der Waals surface area contributed by atoms with Gasteiger partial charge < -0.3 is 11.5 Å². The van der Waals surface area contributed by atoms with Crippen molar-refractivity contribution in [1.82, 2.24) is 5.06 Å². The van der Waals surface area contributed by atoms with E-state index in [4.69, 9.17) is 27.9 Å². The molecule has 0 radical (unpaired) electrons. The van der Waals surface area contributed by atoms with Crippen molar-refractivity contribution in [2.24, 2.45) is 21.5 Å². The average molecular weight is 350 g/mol. The van der Waals surface area contributed by atoms with Crippen LogP contribution in [0, 0.1) is 0 Å². The molecule has 9 heteroatoms. The van der Waals surface area contributed by atoms with Crippen LogP contribution in [-0.2, 0) is 4.84 Å². The predicted molar refractivity (Wildman–Crippen MR) is 89.7 cm³/mol. The number of nitrogens with zero attached hydrogens (tertiary/aromatic N) is 3. The Morgan fingerprint density at radius 1 is 1.29 bits per heavy atom. The molecule has 116 valence electrons. The van der Waals surface area contributed by atoms with Crippen LogP contribution in [0.15, 0.2) is 39.1 Å². The molecule has 21 heavy (non-hydrogen) atoms. The summed E-state index contributed by atoms with van der Waals surface area (Å²) in [6, 6.07) is 7.50. The van der Waals surface area contributed by atoms with Crippen molar-refractivity contribution in [3.63, 3.8) is 0 Å². The predicted octanol–water partition coefficient (Wildman–Crippen LogP) is 2.42. The maximum Gasteiger partial charge on any atom is 0.226 e. The van der Waals surface area contributed by atoms with Crippen molar-refractivity contribution in [1.29, 1.82) is 0 Å². The van der Waals surface area contributed by atoms with Crippen LogP contribution in [0.4, 0.5) is 0 Å². The molecule has 0 bridgehead atoms. The number of benzene rings is 1. The van der Waals surface area contributed by atoms with Crippen molar-refractivity contribution in [2.45, 2.75) is 24.4 Å². The van der Waals surface area contributed by atoms with E-state index in [0.717, 1.165) is 4.90 Å². The van der Waals surface area contributed by atoms with E-state index in [2.05, 4.69) is 9.98 Å². The van der Waals surface area contributed by atoms with Crippen molar-refractivity contribution in [3.8, 4) is 0 Å². The lowest BCUT2D eigenvalue weighted by molar-refractivity contribution is -0.137. The highest BCUT2D eigenvalue weighted by Gasteiger charge is 2.33. The quantitative estimate of drug-likeness (QED) is 0.643. The largest absolute Gasteiger partial charge is 0.368 e. The average Bonchev–Trinajstić information content (AvgIpc) is 2.34. The molecule has 6 nitrogen and oxygen atoms in total. The van der Waals surface area contributed by atoms with Crippen LogP contribution in [0.5, 0.6) is 0 Å². The molecule has 0 aliphatic carbocycles. The van der Waals surface area contributed by atoms with Crippen molar-refractivity contribution >= 4 is 47.7 Å². The minimum atomic E-state index is -0.684. The highest BCUT2D eigenvalue weighted by Crippen LogP contribution is 2.24. The third kappa shape index (κ3) is 4.67. The summed E-state index contributed by atoms with van der Waals surface area (Å²) in [6.45, 7) is 3.68. The monoisotopic (exact) mass is 349 g/mol. The molecule has 0 aromatic heterocycles. The molecule has 0 saturated carbocycles. The second-order valence-corrected chi connectivity index (χ2v) is 6.01. The van der Waals surface area contributed by atoms with Gasteiger partial charge in [0.25, 0.3) is 0 Å². The second-order valence-electron chi connectivity index (χ2n) is 4.57. The molecule has 0 saturated heterocycles. The molecule has 1 aliphatic rings. The number of rotatable bonds is 4. The standard InChI is InChI=1S/C12H16ClN5OS.ClH/c1-12(2)17-10(14)16-11(15)18(12)19-7-20-9-5-3-8(13)4-6-9;/h3-6H,7H2,1-2H3,(H4,14,15,16,17);1H. The van der Waals surface area contributed by atoms with E-state index in [1.165, 1.54) is 16.8 Å². The summed E-state index contributed by atoms with van der Waals surface area (Å²) in [5.74, 6) is 0.716. The summed E-state index contributed by atoms with van der Waals surface area (Å²) in [6.07, 6.45) is 0. The lowest BCUT2D eigenvalue weighted by Gasteiger charge is -2.36. The summed E-state index contributed by atoms with van der Waals surface area (Å²) in [4.78, 5) is 14.8. The minimum Gasteiger partial charge on any atom is -0.368 e. The number of hydroxylamine groups is 2. The third-order valence-corrected chi connectivity index (χ3v) is 3.62. The molecular weight excluding hydrogens is 333 g/mol. The zero-order valence-corrected chi connectivity index (χ0v) is 14.0. The normalized spacial score (nSPS) is 16.8. The Labute approximate surface area is 138 Å². The Hall–Kier alpha value is -1.15. The maximum atomic E-state index is 5.83. The Bertz CT molecular complexity index is 547. The van der Waals surface area contributed by atoms with E-state index < -0.39 is 5.66 Å². The van der Waals surface area contributed by atoms with Crippen LogP contribution in [0.2, 0.25) is 5.02 Å². The number of nitrogens with two attached hydrogens (primary N) is 2. The number of thioether (sulfide) groups is 1. The van der Waals surface area contributed by atoms with Crippen LogP contribution in [-0.4, -0.2) is 28.6 Å². The van der Waals surface area contributed by atoms with Crippen molar-refractivity contribution in [2.75, 3.05) is 5.94 Å². The van der Waals surface area contributed by atoms with Crippen LogP contribution < -0.4 is 11.5 Å². The zero-order valence-electron chi connectivity index (χ0n) is 11.6. The molecule has 0 atom stereocenters. The van der Waals surface area contributed by atoms with Gasteiger partial charge in [-0.25, -0.2) is 4.99 Å². The first-order valence-electron chi connectivity index (χ1n) is 5.89. The summed E-state index contributed by atoms with van der Waals surface area (Å²) < 4.78 is 0. The summed E-state index contributed by atoms with van der Waals surface area (Å²) in [7, 11) is 0. The van der Waals surface area contributed by atoms with E-state index in [1.807, 2.05) is 38.1 Å². The molecule has 1 aromatic carbocycles. The number of hydrogen-bond donors (Lipinski definition) is 2. The van der Waals surface area contributed by atoms with Gasteiger partial charge >= 0.3 is 0 Å². The molecule has 2 rings (SSSR count). The minimum absolute atomic E-state index is 0. The van der Waals surface area contributed by atoms with E-state index >= 15 is 0 Å². The Balaban J connectivity index is 0.00000220. The van der Waals surface area contributed by atoms with E-state index in [-0.39, 0.29) is 24.3 Å². The van der Waals surface area contributed by atoms with E-state index in [1.54, 1.807) is 0 Å². The fourth-order valence-electron chi connectivity index (χ4n) is 1.70. The van der Waals surface area contributed by atoms with Gasteiger partial charge in [-0.3, -0.25) is 4.84 Å². The Kier molecular flexibility index (Phi) is 6.15.